The maximum atomic E-state index is 11.6. The summed E-state index contributed by atoms with van der Waals surface area (Å²) in [7, 11) is 0. The number of carbonyl (C=O) groups excluding carboxylic acids is 2. The van der Waals surface area contributed by atoms with Crippen LogP contribution >= 0.6 is 0 Å². The van der Waals surface area contributed by atoms with Crippen LogP contribution in [0.2, 0.25) is 0 Å². The standard InChI is InChI=1S/C16H23N3O2/c1-12(9-17)16(21)18-10-13-4-6-14(7-5-13)11-19-8-2-3-15(19)20/h4-7,12H,2-3,8-11,17H2,1H3,(H,18,21). The fraction of sp³-hybridized carbons (Fsp3) is 0.500. The topological polar surface area (TPSA) is 75.4 Å². The van der Waals surface area contributed by atoms with E-state index in [1.165, 1.54) is 0 Å². The molecule has 1 aliphatic heterocycles. The highest BCUT2D eigenvalue weighted by Gasteiger charge is 2.19. The second-order valence-corrected chi connectivity index (χ2v) is 5.59. The summed E-state index contributed by atoms with van der Waals surface area (Å²) in [6.07, 6.45) is 1.63. The van der Waals surface area contributed by atoms with Gasteiger partial charge in [0, 0.05) is 38.5 Å². The van der Waals surface area contributed by atoms with Gasteiger partial charge in [0.15, 0.2) is 0 Å². The highest BCUT2D eigenvalue weighted by molar-refractivity contribution is 5.78. The summed E-state index contributed by atoms with van der Waals surface area (Å²) < 4.78 is 0. The molecule has 1 saturated heterocycles. The second kappa shape index (κ2) is 7.22. The summed E-state index contributed by atoms with van der Waals surface area (Å²) >= 11 is 0. The van der Waals surface area contributed by atoms with Crippen molar-refractivity contribution in [1.29, 1.82) is 0 Å². The fourth-order valence-electron chi connectivity index (χ4n) is 2.32. The lowest BCUT2D eigenvalue weighted by Gasteiger charge is -2.16. The highest BCUT2D eigenvalue weighted by Crippen LogP contribution is 2.14. The second-order valence-electron chi connectivity index (χ2n) is 5.59. The van der Waals surface area contributed by atoms with E-state index in [0.29, 0.717) is 26.1 Å². The predicted molar refractivity (Wildman–Crippen MR) is 81.2 cm³/mol. The van der Waals surface area contributed by atoms with E-state index in [2.05, 4.69) is 5.32 Å². The number of nitrogens with zero attached hydrogens (tertiary/aromatic N) is 1. The van der Waals surface area contributed by atoms with Crippen molar-refractivity contribution in [3.05, 3.63) is 35.4 Å². The zero-order valence-electron chi connectivity index (χ0n) is 12.5. The molecule has 1 aromatic rings. The van der Waals surface area contributed by atoms with Crippen molar-refractivity contribution in [3.63, 3.8) is 0 Å². The molecule has 5 nitrogen and oxygen atoms in total. The van der Waals surface area contributed by atoms with Crippen LogP contribution < -0.4 is 11.1 Å². The van der Waals surface area contributed by atoms with E-state index in [-0.39, 0.29) is 17.7 Å². The lowest BCUT2D eigenvalue weighted by Crippen LogP contribution is -2.32. The van der Waals surface area contributed by atoms with Crippen molar-refractivity contribution >= 4 is 11.8 Å². The first kappa shape index (κ1) is 15.5. The molecule has 1 unspecified atom stereocenters. The maximum Gasteiger partial charge on any atom is 0.224 e. The Morgan fingerprint density at radius 1 is 1.33 bits per heavy atom. The van der Waals surface area contributed by atoms with Crippen molar-refractivity contribution in [3.8, 4) is 0 Å². The third kappa shape index (κ3) is 4.29. The van der Waals surface area contributed by atoms with Crippen molar-refractivity contribution < 1.29 is 9.59 Å². The van der Waals surface area contributed by atoms with E-state index in [4.69, 9.17) is 5.73 Å². The molecule has 5 heteroatoms. The largest absolute Gasteiger partial charge is 0.352 e. The molecule has 1 aromatic carbocycles. The summed E-state index contributed by atoms with van der Waals surface area (Å²) in [4.78, 5) is 25.1. The number of nitrogens with two attached hydrogens (primary N) is 1. The maximum absolute atomic E-state index is 11.6. The zero-order valence-corrected chi connectivity index (χ0v) is 12.5. The van der Waals surface area contributed by atoms with Crippen LogP contribution in [0.25, 0.3) is 0 Å². The molecule has 2 amide bonds. The Kier molecular flexibility index (Phi) is 5.33. The molecule has 1 aliphatic rings. The number of nitrogens with one attached hydrogen (secondary N) is 1. The molecule has 0 aliphatic carbocycles. The van der Waals surface area contributed by atoms with Crippen LogP contribution in [0.5, 0.6) is 0 Å². The first-order valence-corrected chi connectivity index (χ1v) is 7.43. The first-order valence-electron chi connectivity index (χ1n) is 7.43. The van der Waals surface area contributed by atoms with Gasteiger partial charge in [-0.25, -0.2) is 0 Å². The Balaban J connectivity index is 1.84. The Hall–Kier alpha value is -1.88. The van der Waals surface area contributed by atoms with E-state index >= 15 is 0 Å². The van der Waals surface area contributed by atoms with E-state index in [9.17, 15) is 9.59 Å². The highest BCUT2D eigenvalue weighted by atomic mass is 16.2. The third-order valence-corrected chi connectivity index (χ3v) is 3.84. The summed E-state index contributed by atoms with van der Waals surface area (Å²) in [5, 5.41) is 2.87. The number of amides is 2. The van der Waals surface area contributed by atoms with Crippen molar-refractivity contribution in [2.75, 3.05) is 13.1 Å². The lowest BCUT2D eigenvalue weighted by molar-refractivity contribution is -0.128. The molecule has 0 bridgehead atoms. The fourth-order valence-corrected chi connectivity index (χ4v) is 2.32. The molecular weight excluding hydrogens is 266 g/mol. The number of carbonyl (C=O) groups is 2. The summed E-state index contributed by atoms with van der Waals surface area (Å²) in [6.45, 7) is 4.20. The van der Waals surface area contributed by atoms with Crippen LogP contribution in [0, 0.1) is 5.92 Å². The van der Waals surface area contributed by atoms with Crippen LogP contribution in [-0.2, 0) is 22.7 Å². The van der Waals surface area contributed by atoms with E-state index in [1.807, 2.05) is 36.1 Å². The van der Waals surface area contributed by atoms with Gasteiger partial charge in [-0.3, -0.25) is 9.59 Å². The quantitative estimate of drug-likeness (QED) is 0.821. The van der Waals surface area contributed by atoms with E-state index < -0.39 is 0 Å². The minimum atomic E-state index is -0.162. The minimum absolute atomic E-state index is 0.0239. The van der Waals surface area contributed by atoms with Crippen LogP contribution in [0.3, 0.4) is 0 Å². The Morgan fingerprint density at radius 2 is 2.00 bits per heavy atom. The Labute approximate surface area is 125 Å². The van der Waals surface area contributed by atoms with E-state index in [1.54, 1.807) is 0 Å². The van der Waals surface area contributed by atoms with Crippen LogP contribution in [0.15, 0.2) is 24.3 Å². The van der Waals surface area contributed by atoms with Crippen LogP contribution in [0.4, 0.5) is 0 Å². The van der Waals surface area contributed by atoms with Crippen molar-refractivity contribution in [1.82, 2.24) is 10.2 Å². The van der Waals surface area contributed by atoms with Gasteiger partial charge in [-0.1, -0.05) is 31.2 Å². The molecular formula is C16H23N3O2. The number of benzene rings is 1. The lowest BCUT2D eigenvalue weighted by atomic mass is 10.1. The molecule has 2 rings (SSSR count). The molecule has 1 fully saturated rings. The van der Waals surface area contributed by atoms with Gasteiger partial charge >= 0.3 is 0 Å². The van der Waals surface area contributed by atoms with Gasteiger partial charge in [0.1, 0.15) is 0 Å². The molecule has 1 heterocycles. The van der Waals surface area contributed by atoms with Gasteiger partial charge in [0.25, 0.3) is 0 Å². The van der Waals surface area contributed by atoms with Gasteiger partial charge in [0.2, 0.25) is 11.8 Å². The Bertz CT molecular complexity index is 499. The summed E-state index contributed by atoms with van der Waals surface area (Å²) in [6, 6.07) is 8.01. The molecule has 21 heavy (non-hydrogen) atoms. The molecule has 0 spiro atoms. The number of likely N-dealkylation sites (tertiary alicyclic amines) is 1. The van der Waals surface area contributed by atoms with Gasteiger partial charge in [0.05, 0.1) is 0 Å². The van der Waals surface area contributed by atoms with Crippen molar-refractivity contribution in [2.45, 2.75) is 32.9 Å². The SMILES string of the molecule is CC(CN)C(=O)NCc1ccc(CN2CCCC2=O)cc1. The molecule has 0 saturated carbocycles. The monoisotopic (exact) mass is 289 g/mol. The average Bonchev–Trinajstić information content (AvgIpc) is 2.90. The molecule has 0 aromatic heterocycles. The summed E-state index contributed by atoms with van der Waals surface area (Å²) in [5.41, 5.74) is 7.62. The Morgan fingerprint density at radius 3 is 2.57 bits per heavy atom. The van der Waals surface area contributed by atoms with Gasteiger partial charge in [-0.05, 0) is 17.5 Å². The first-order chi connectivity index (χ1) is 10.1. The van der Waals surface area contributed by atoms with Gasteiger partial charge in [-0.15, -0.1) is 0 Å². The van der Waals surface area contributed by atoms with Crippen LogP contribution in [-0.4, -0.2) is 29.8 Å². The average molecular weight is 289 g/mol. The van der Waals surface area contributed by atoms with Crippen LogP contribution in [0.1, 0.15) is 30.9 Å². The molecule has 0 radical (unpaired) electrons. The number of hydrogen-bond acceptors (Lipinski definition) is 3. The predicted octanol–water partition coefficient (Wildman–Crippen LogP) is 1.02. The van der Waals surface area contributed by atoms with Crippen molar-refractivity contribution in [2.24, 2.45) is 11.7 Å². The van der Waals surface area contributed by atoms with E-state index in [0.717, 1.165) is 24.1 Å². The summed E-state index contributed by atoms with van der Waals surface area (Å²) in [5.74, 6) is 0.0526. The minimum Gasteiger partial charge on any atom is -0.352 e. The smallest absolute Gasteiger partial charge is 0.224 e. The number of rotatable bonds is 6. The number of hydrogen-bond donors (Lipinski definition) is 2. The molecule has 114 valence electrons. The zero-order chi connectivity index (χ0) is 15.2. The molecule has 3 N–H and O–H groups in total. The molecule has 1 atom stereocenters. The normalized spacial score (nSPS) is 16.1. The van der Waals surface area contributed by atoms with Gasteiger partial charge < -0.3 is 16.0 Å². The third-order valence-electron chi connectivity index (χ3n) is 3.84. The van der Waals surface area contributed by atoms with Gasteiger partial charge in [-0.2, -0.15) is 0 Å².